The molecule has 6 nitrogen and oxygen atoms in total. The molecule has 0 radical (unpaired) electrons. The second-order valence-electron chi connectivity index (χ2n) is 6.92. The molecule has 0 aliphatic carbocycles. The van der Waals surface area contributed by atoms with Crippen LogP contribution in [0.5, 0.6) is 0 Å². The summed E-state index contributed by atoms with van der Waals surface area (Å²) in [5, 5.41) is 0.520. The van der Waals surface area contributed by atoms with Crippen LogP contribution < -0.4 is 9.80 Å². The van der Waals surface area contributed by atoms with Gasteiger partial charge in [0, 0.05) is 31.6 Å². The second kappa shape index (κ2) is 7.40. The molecule has 0 saturated carbocycles. The zero-order valence-corrected chi connectivity index (χ0v) is 16.7. The second-order valence-corrected chi connectivity index (χ2v) is 9.37. The van der Waals surface area contributed by atoms with Gasteiger partial charge in [-0.2, -0.15) is 0 Å². The molecule has 0 amide bonds. The third kappa shape index (κ3) is 4.10. The number of sulfone groups is 1. The molecule has 0 bridgehead atoms. The molecule has 2 aromatic rings. The first kappa shape index (κ1) is 18.9. The molecule has 3 rings (SSSR count). The normalized spacial score (nSPS) is 18.4. The van der Waals surface area contributed by atoms with Crippen molar-refractivity contribution >= 4 is 33.1 Å². The summed E-state index contributed by atoms with van der Waals surface area (Å²) in [6.45, 7) is 6.64. The number of aromatic nitrogens is 2. The summed E-state index contributed by atoms with van der Waals surface area (Å²) in [5.74, 6) is 1.06. The molecule has 1 aliphatic rings. The molecule has 1 aliphatic heterocycles. The molecular weight excluding hydrogens is 372 g/mol. The molecule has 1 atom stereocenters. The molecule has 0 spiro atoms. The van der Waals surface area contributed by atoms with E-state index in [9.17, 15) is 8.42 Å². The van der Waals surface area contributed by atoms with Crippen molar-refractivity contribution in [2.45, 2.75) is 24.8 Å². The van der Waals surface area contributed by atoms with E-state index in [0.29, 0.717) is 21.8 Å². The summed E-state index contributed by atoms with van der Waals surface area (Å²) in [5.41, 5.74) is 0.926. The quantitative estimate of drug-likeness (QED) is 0.794. The van der Waals surface area contributed by atoms with Crippen LogP contribution in [0.4, 0.5) is 11.6 Å². The maximum absolute atomic E-state index is 11.9. The van der Waals surface area contributed by atoms with Gasteiger partial charge in [0.2, 0.25) is 5.95 Å². The number of halogens is 1. The van der Waals surface area contributed by atoms with Crippen molar-refractivity contribution in [2.75, 3.05) is 35.7 Å². The maximum Gasteiger partial charge on any atom is 0.225 e. The Bertz CT molecular complexity index is 871. The van der Waals surface area contributed by atoms with Gasteiger partial charge < -0.3 is 9.80 Å². The molecule has 140 valence electrons. The van der Waals surface area contributed by atoms with E-state index in [1.807, 2.05) is 6.07 Å². The molecule has 26 heavy (non-hydrogen) atoms. The zero-order valence-electron chi connectivity index (χ0n) is 15.1. The summed E-state index contributed by atoms with van der Waals surface area (Å²) in [4.78, 5) is 13.5. The highest BCUT2D eigenvalue weighted by Crippen LogP contribution is 2.27. The Kier molecular flexibility index (Phi) is 5.39. The van der Waals surface area contributed by atoms with Gasteiger partial charge in [0.15, 0.2) is 9.84 Å². The molecule has 0 N–H and O–H groups in total. The van der Waals surface area contributed by atoms with E-state index in [1.54, 1.807) is 30.6 Å². The van der Waals surface area contributed by atoms with E-state index in [-0.39, 0.29) is 6.04 Å². The van der Waals surface area contributed by atoms with Crippen LogP contribution in [0.25, 0.3) is 0 Å². The van der Waals surface area contributed by atoms with Gasteiger partial charge in [-0.15, -0.1) is 0 Å². The fourth-order valence-electron chi connectivity index (χ4n) is 3.23. The third-order valence-corrected chi connectivity index (χ3v) is 5.97. The van der Waals surface area contributed by atoms with Gasteiger partial charge >= 0.3 is 0 Å². The summed E-state index contributed by atoms with van der Waals surface area (Å²) < 4.78 is 23.7. The highest BCUT2D eigenvalue weighted by molar-refractivity contribution is 7.90. The third-order valence-electron chi connectivity index (χ3n) is 4.66. The lowest BCUT2D eigenvalue weighted by Gasteiger charge is -2.44. The summed E-state index contributed by atoms with van der Waals surface area (Å²) >= 11 is 5.90. The maximum atomic E-state index is 11.9. The average Bonchev–Trinajstić information content (AvgIpc) is 2.61. The minimum Gasteiger partial charge on any atom is -0.368 e. The fourth-order valence-corrected chi connectivity index (χ4v) is 3.99. The van der Waals surface area contributed by atoms with Crippen LogP contribution in [-0.4, -0.2) is 50.3 Å². The Morgan fingerprint density at radius 2 is 1.88 bits per heavy atom. The molecule has 2 heterocycles. The molecular formula is C18H23ClN4O2S. The van der Waals surface area contributed by atoms with Gasteiger partial charge in [-0.25, -0.2) is 18.4 Å². The predicted molar refractivity (Wildman–Crippen MR) is 105 cm³/mol. The van der Waals surface area contributed by atoms with Gasteiger partial charge in [0.05, 0.1) is 28.4 Å². The van der Waals surface area contributed by atoms with E-state index < -0.39 is 9.84 Å². The fraction of sp³-hybridized carbons (Fsp3) is 0.444. The van der Waals surface area contributed by atoms with Crippen LogP contribution in [0, 0.1) is 5.92 Å². The van der Waals surface area contributed by atoms with Crippen molar-refractivity contribution in [3.8, 4) is 0 Å². The Morgan fingerprint density at radius 1 is 1.19 bits per heavy atom. The SMILES string of the molecule is CC(C)[C@@H]1CN(c2cccc(S(C)(=O)=O)c2)CCN1c1ncc(Cl)cn1. The number of benzene rings is 1. The first-order chi connectivity index (χ1) is 12.3. The van der Waals surface area contributed by atoms with E-state index in [1.165, 1.54) is 6.26 Å². The number of hydrogen-bond acceptors (Lipinski definition) is 6. The van der Waals surface area contributed by atoms with Crippen LogP contribution >= 0.6 is 11.6 Å². The standard InChI is InChI=1S/C18H23ClN4O2S/c1-13(2)17-12-22(15-5-4-6-16(9-15)26(3,24)25)7-8-23(17)18-20-10-14(19)11-21-18/h4-6,9-11,13,17H,7-8,12H2,1-3H3/t17-/m0/s1. The minimum absolute atomic E-state index is 0.215. The van der Waals surface area contributed by atoms with Crippen LogP contribution in [0.15, 0.2) is 41.6 Å². The predicted octanol–water partition coefficient (Wildman–Crippen LogP) is 2.88. The molecule has 1 saturated heterocycles. The van der Waals surface area contributed by atoms with E-state index in [0.717, 1.165) is 25.3 Å². The van der Waals surface area contributed by atoms with Crippen LogP contribution in [0.3, 0.4) is 0 Å². The Hall–Kier alpha value is -1.86. The highest BCUT2D eigenvalue weighted by Gasteiger charge is 2.31. The lowest BCUT2D eigenvalue weighted by Crippen LogP contribution is -2.56. The topological polar surface area (TPSA) is 66.4 Å². The number of anilines is 2. The molecule has 1 aromatic heterocycles. The smallest absolute Gasteiger partial charge is 0.225 e. The average molecular weight is 395 g/mol. The molecule has 1 aromatic carbocycles. The minimum atomic E-state index is -3.22. The molecule has 8 heteroatoms. The van der Waals surface area contributed by atoms with Crippen molar-refractivity contribution in [1.82, 2.24) is 9.97 Å². The number of hydrogen-bond donors (Lipinski definition) is 0. The van der Waals surface area contributed by atoms with Crippen LogP contribution in [-0.2, 0) is 9.84 Å². The lowest BCUT2D eigenvalue weighted by molar-refractivity contribution is 0.413. The number of nitrogens with zero attached hydrogens (tertiary/aromatic N) is 4. The first-order valence-corrected chi connectivity index (χ1v) is 10.8. The van der Waals surface area contributed by atoms with Crippen LogP contribution in [0.2, 0.25) is 5.02 Å². The van der Waals surface area contributed by atoms with Crippen LogP contribution in [0.1, 0.15) is 13.8 Å². The van der Waals surface area contributed by atoms with E-state index in [2.05, 4.69) is 33.6 Å². The van der Waals surface area contributed by atoms with Gasteiger partial charge in [-0.3, -0.25) is 0 Å². The van der Waals surface area contributed by atoms with E-state index in [4.69, 9.17) is 11.6 Å². The lowest BCUT2D eigenvalue weighted by atomic mass is 9.99. The molecule has 1 fully saturated rings. The largest absolute Gasteiger partial charge is 0.368 e. The summed E-state index contributed by atoms with van der Waals surface area (Å²) in [6.07, 6.45) is 4.46. The van der Waals surface area contributed by atoms with Crippen molar-refractivity contribution in [2.24, 2.45) is 5.92 Å². The van der Waals surface area contributed by atoms with Gasteiger partial charge in [0.1, 0.15) is 0 Å². The Labute approximate surface area is 159 Å². The zero-order chi connectivity index (χ0) is 18.9. The van der Waals surface area contributed by atoms with Gasteiger partial charge in [-0.05, 0) is 24.1 Å². The van der Waals surface area contributed by atoms with E-state index >= 15 is 0 Å². The monoisotopic (exact) mass is 394 g/mol. The molecule has 0 unspecified atom stereocenters. The first-order valence-electron chi connectivity index (χ1n) is 8.55. The number of piperazine rings is 1. The van der Waals surface area contributed by atoms with Gasteiger partial charge in [-0.1, -0.05) is 31.5 Å². The van der Waals surface area contributed by atoms with Crippen molar-refractivity contribution in [3.05, 3.63) is 41.7 Å². The summed E-state index contributed by atoms with van der Waals surface area (Å²) in [7, 11) is -3.22. The van der Waals surface area contributed by atoms with Crippen molar-refractivity contribution in [1.29, 1.82) is 0 Å². The number of rotatable bonds is 4. The van der Waals surface area contributed by atoms with Gasteiger partial charge in [0.25, 0.3) is 0 Å². The highest BCUT2D eigenvalue weighted by atomic mass is 35.5. The Balaban J connectivity index is 1.85. The van der Waals surface area contributed by atoms with Crippen molar-refractivity contribution < 1.29 is 8.42 Å². The Morgan fingerprint density at radius 3 is 2.50 bits per heavy atom. The van der Waals surface area contributed by atoms with Crippen molar-refractivity contribution in [3.63, 3.8) is 0 Å². The summed E-state index contributed by atoms with van der Waals surface area (Å²) in [6, 6.07) is 7.36.